The van der Waals surface area contributed by atoms with Crippen LogP contribution in [0.4, 0.5) is 5.69 Å². The molecule has 2 aromatic heterocycles. The van der Waals surface area contributed by atoms with Gasteiger partial charge >= 0.3 is 0 Å². The maximum absolute atomic E-state index is 11.9. The van der Waals surface area contributed by atoms with Gasteiger partial charge in [-0.05, 0) is 29.6 Å². The summed E-state index contributed by atoms with van der Waals surface area (Å²) in [7, 11) is 0. The van der Waals surface area contributed by atoms with Crippen LogP contribution in [0, 0.1) is 0 Å². The third kappa shape index (κ3) is 3.30. The molecule has 0 unspecified atom stereocenters. The molecule has 22 heavy (non-hydrogen) atoms. The molecular formula is C14H9Cl2N3O2S. The minimum absolute atomic E-state index is 0.190. The molecule has 2 heterocycles. The van der Waals surface area contributed by atoms with E-state index in [1.807, 2.05) is 11.4 Å². The molecule has 1 amide bonds. The van der Waals surface area contributed by atoms with Gasteiger partial charge in [-0.1, -0.05) is 23.2 Å². The zero-order chi connectivity index (χ0) is 15.5. The second-order valence-corrected chi connectivity index (χ2v) is 6.02. The summed E-state index contributed by atoms with van der Waals surface area (Å²) in [6.07, 6.45) is 1.40. The van der Waals surface area contributed by atoms with E-state index < -0.39 is 0 Å². The molecule has 112 valence electrons. The molecule has 8 heteroatoms. The van der Waals surface area contributed by atoms with Crippen LogP contribution in [0.25, 0.3) is 10.2 Å². The number of carbonyl (C=O) groups is 1. The highest BCUT2D eigenvalue weighted by atomic mass is 35.5. The van der Waals surface area contributed by atoms with E-state index in [2.05, 4.69) is 15.3 Å². The number of hydrogen-bond acceptors (Lipinski definition) is 5. The monoisotopic (exact) mass is 353 g/mol. The fourth-order valence-electron chi connectivity index (χ4n) is 1.80. The van der Waals surface area contributed by atoms with Gasteiger partial charge < -0.3 is 10.1 Å². The van der Waals surface area contributed by atoms with Crippen molar-refractivity contribution in [2.45, 2.75) is 0 Å². The first-order valence-electron chi connectivity index (χ1n) is 6.19. The van der Waals surface area contributed by atoms with Crippen LogP contribution in [-0.4, -0.2) is 22.5 Å². The Hall–Kier alpha value is -1.89. The average Bonchev–Trinajstić information content (AvgIpc) is 2.98. The number of amides is 1. The molecule has 0 bridgehead atoms. The van der Waals surface area contributed by atoms with Crippen molar-refractivity contribution < 1.29 is 9.53 Å². The van der Waals surface area contributed by atoms with Crippen molar-refractivity contribution in [2.24, 2.45) is 0 Å². The summed E-state index contributed by atoms with van der Waals surface area (Å²) in [6.45, 7) is -0.190. The van der Waals surface area contributed by atoms with Crippen LogP contribution in [0.3, 0.4) is 0 Å². The molecule has 1 aromatic carbocycles. The van der Waals surface area contributed by atoms with E-state index in [0.29, 0.717) is 21.6 Å². The summed E-state index contributed by atoms with van der Waals surface area (Å²) in [5, 5.41) is 6.19. The van der Waals surface area contributed by atoms with Crippen molar-refractivity contribution in [3.8, 4) is 5.88 Å². The highest BCUT2D eigenvalue weighted by molar-refractivity contribution is 7.16. The predicted molar refractivity (Wildman–Crippen MR) is 88.0 cm³/mol. The van der Waals surface area contributed by atoms with Crippen molar-refractivity contribution >= 4 is 56.3 Å². The van der Waals surface area contributed by atoms with Gasteiger partial charge in [-0.15, -0.1) is 11.3 Å². The van der Waals surface area contributed by atoms with Gasteiger partial charge in [-0.2, -0.15) is 0 Å². The van der Waals surface area contributed by atoms with Gasteiger partial charge in [0.1, 0.15) is 11.2 Å². The van der Waals surface area contributed by atoms with Crippen molar-refractivity contribution in [3.05, 3.63) is 46.0 Å². The number of nitrogens with one attached hydrogen (secondary N) is 1. The molecule has 0 aliphatic carbocycles. The summed E-state index contributed by atoms with van der Waals surface area (Å²) >= 11 is 13.3. The molecule has 0 aliphatic heterocycles. The molecule has 3 aromatic rings. The van der Waals surface area contributed by atoms with E-state index >= 15 is 0 Å². The minimum atomic E-state index is -0.355. The lowest BCUT2D eigenvalue weighted by atomic mass is 10.3. The topological polar surface area (TPSA) is 64.1 Å². The second kappa shape index (κ2) is 6.48. The lowest BCUT2D eigenvalue weighted by Gasteiger charge is -2.09. The van der Waals surface area contributed by atoms with Crippen LogP contribution in [0.2, 0.25) is 10.0 Å². The lowest BCUT2D eigenvalue weighted by Crippen LogP contribution is -2.20. The first kappa shape index (κ1) is 15.0. The highest BCUT2D eigenvalue weighted by Gasteiger charge is 2.10. The standard InChI is InChI=1S/C14H9Cl2N3O2S/c15-8-1-2-10(16)11(5-8)19-12(20)6-21-13-9-3-4-22-14(9)18-7-17-13/h1-5,7H,6H2,(H,19,20). The summed E-state index contributed by atoms with van der Waals surface area (Å²) in [5.74, 6) is 0.0183. The normalized spacial score (nSPS) is 10.6. The number of rotatable bonds is 4. The van der Waals surface area contributed by atoms with E-state index in [4.69, 9.17) is 27.9 Å². The lowest BCUT2D eigenvalue weighted by molar-refractivity contribution is -0.118. The fraction of sp³-hybridized carbons (Fsp3) is 0.0714. The molecule has 0 saturated carbocycles. The number of fused-ring (bicyclic) bond motifs is 1. The highest BCUT2D eigenvalue weighted by Crippen LogP contribution is 2.26. The molecule has 0 saturated heterocycles. The number of benzene rings is 1. The van der Waals surface area contributed by atoms with Crippen LogP contribution in [0.5, 0.6) is 5.88 Å². The van der Waals surface area contributed by atoms with Gasteiger partial charge in [-0.3, -0.25) is 4.79 Å². The van der Waals surface area contributed by atoms with Crippen LogP contribution < -0.4 is 10.1 Å². The van der Waals surface area contributed by atoms with Crippen molar-refractivity contribution in [1.82, 2.24) is 9.97 Å². The van der Waals surface area contributed by atoms with E-state index in [-0.39, 0.29) is 12.5 Å². The van der Waals surface area contributed by atoms with Gasteiger partial charge in [0, 0.05) is 5.02 Å². The Labute approximate surface area is 139 Å². The molecule has 5 nitrogen and oxygen atoms in total. The third-order valence-electron chi connectivity index (χ3n) is 2.77. The van der Waals surface area contributed by atoms with Gasteiger partial charge in [0.15, 0.2) is 6.61 Å². The Balaban J connectivity index is 1.67. The number of nitrogens with zero attached hydrogens (tertiary/aromatic N) is 2. The zero-order valence-corrected chi connectivity index (χ0v) is 13.4. The van der Waals surface area contributed by atoms with Crippen LogP contribution in [-0.2, 0) is 4.79 Å². The van der Waals surface area contributed by atoms with Crippen molar-refractivity contribution in [1.29, 1.82) is 0 Å². The first-order chi connectivity index (χ1) is 10.6. The Bertz CT molecular complexity index is 838. The quantitative estimate of drug-likeness (QED) is 0.769. The SMILES string of the molecule is O=C(COc1ncnc2sccc12)Nc1cc(Cl)ccc1Cl. The average molecular weight is 354 g/mol. The predicted octanol–water partition coefficient (Wildman–Crippen LogP) is 4.02. The van der Waals surface area contributed by atoms with Crippen LogP contribution in [0.15, 0.2) is 36.0 Å². The number of thiophene rings is 1. The van der Waals surface area contributed by atoms with Crippen LogP contribution in [0.1, 0.15) is 0 Å². The number of ether oxygens (including phenoxy) is 1. The van der Waals surface area contributed by atoms with E-state index in [1.165, 1.54) is 17.7 Å². The smallest absolute Gasteiger partial charge is 0.262 e. The molecule has 0 radical (unpaired) electrons. The summed E-state index contributed by atoms with van der Waals surface area (Å²) < 4.78 is 5.45. The van der Waals surface area contributed by atoms with E-state index in [9.17, 15) is 4.79 Å². The van der Waals surface area contributed by atoms with Gasteiger partial charge in [0.2, 0.25) is 5.88 Å². The van der Waals surface area contributed by atoms with Gasteiger partial charge in [-0.25, -0.2) is 9.97 Å². The van der Waals surface area contributed by atoms with Crippen molar-refractivity contribution in [2.75, 3.05) is 11.9 Å². The van der Waals surface area contributed by atoms with Gasteiger partial charge in [0.25, 0.3) is 5.91 Å². The Morgan fingerprint density at radius 2 is 2.14 bits per heavy atom. The van der Waals surface area contributed by atoms with E-state index in [0.717, 1.165) is 10.2 Å². The molecule has 0 spiro atoms. The summed E-state index contributed by atoms with van der Waals surface area (Å²) in [6, 6.07) is 6.68. The number of aromatic nitrogens is 2. The number of hydrogen-bond donors (Lipinski definition) is 1. The Morgan fingerprint density at radius 3 is 3.00 bits per heavy atom. The molecule has 0 atom stereocenters. The maximum atomic E-state index is 11.9. The molecule has 1 N–H and O–H groups in total. The fourth-order valence-corrected chi connectivity index (χ4v) is 2.86. The molecule has 0 fully saturated rings. The second-order valence-electron chi connectivity index (χ2n) is 4.28. The number of carbonyl (C=O) groups excluding carboxylic acids is 1. The minimum Gasteiger partial charge on any atom is -0.467 e. The molecular weight excluding hydrogens is 345 g/mol. The number of halogens is 2. The zero-order valence-electron chi connectivity index (χ0n) is 11.0. The molecule has 0 aliphatic rings. The first-order valence-corrected chi connectivity index (χ1v) is 7.83. The Morgan fingerprint density at radius 1 is 1.27 bits per heavy atom. The maximum Gasteiger partial charge on any atom is 0.262 e. The van der Waals surface area contributed by atoms with Crippen molar-refractivity contribution in [3.63, 3.8) is 0 Å². The molecule has 3 rings (SSSR count). The number of anilines is 1. The summed E-state index contributed by atoms with van der Waals surface area (Å²) in [5.41, 5.74) is 0.436. The van der Waals surface area contributed by atoms with Crippen LogP contribution >= 0.6 is 34.5 Å². The Kier molecular flexibility index (Phi) is 4.42. The largest absolute Gasteiger partial charge is 0.467 e. The van der Waals surface area contributed by atoms with Gasteiger partial charge in [0.05, 0.1) is 16.1 Å². The third-order valence-corrected chi connectivity index (χ3v) is 4.15. The van der Waals surface area contributed by atoms with E-state index in [1.54, 1.807) is 18.2 Å². The summed E-state index contributed by atoms with van der Waals surface area (Å²) in [4.78, 5) is 20.9.